The summed E-state index contributed by atoms with van der Waals surface area (Å²) in [5, 5.41) is 10.6. The second kappa shape index (κ2) is 7.02. The van der Waals surface area contributed by atoms with Crippen LogP contribution < -0.4 is 10.4 Å². The van der Waals surface area contributed by atoms with Crippen molar-refractivity contribution in [2.45, 2.75) is 41.0 Å². The van der Waals surface area contributed by atoms with Crippen LogP contribution in [-0.4, -0.2) is 22.4 Å². The Morgan fingerprint density at radius 1 is 1.48 bits per heavy atom. The van der Waals surface area contributed by atoms with E-state index in [0.717, 1.165) is 0 Å². The van der Waals surface area contributed by atoms with Crippen LogP contribution in [0, 0.1) is 22.7 Å². The molecule has 21 heavy (non-hydrogen) atoms. The molecule has 0 aliphatic heterocycles. The molecule has 0 aromatic carbocycles. The third-order valence-corrected chi connectivity index (χ3v) is 2.52. The van der Waals surface area contributed by atoms with Crippen molar-refractivity contribution < 1.29 is 4.79 Å². The molecule has 0 saturated heterocycles. The predicted octanol–water partition coefficient (Wildman–Crippen LogP) is 2.28. The van der Waals surface area contributed by atoms with Crippen LogP contribution in [0.25, 0.3) is 0 Å². The second-order valence-corrected chi connectivity index (χ2v) is 6.63. The van der Waals surface area contributed by atoms with Gasteiger partial charge in [-0.3, -0.25) is 15.2 Å². The first kappa shape index (κ1) is 16.9. The summed E-state index contributed by atoms with van der Waals surface area (Å²) in [7, 11) is 0. The first-order chi connectivity index (χ1) is 9.71. The Bertz CT molecular complexity index is 528. The van der Waals surface area contributed by atoms with E-state index in [1.54, 1.807) is 11.1 Å². The van der Waals surface area contributed by atoms with Crippen LogP contribution in [-0.2, 0) is 4.79 Å². The lowest BCUT2D eigenvalue weighted by molar-refractivity contribution is -0.123. The van der Waals surface area contributed by atoms with E-state index in [0.29, 0.717) is 24.7 Å². The summed E-state index contributed by atoms with van der Waals surface area (Å²) >= 11 is 0. The molecule has 1 N–H and O–H groups in total. The van der Waals surface area contributed by atoms with Gasteiger partial charge >= 0.3 is 0 Å². The van der Waals surface area contributed by atoms with Crippen molar-refractivity contribution >= 4 is 11.7 Å². The maximum atomic E-state index is 12.1. The number of carbonyl (C=O) groups excluding carboxylic acids is 1. The highest BCUT2D eigenvalue weighted by Crippen LogP contribution is 2.18. The van der Waals surface area contributed by atoms with Crippen molar-refractivity contribution in [1.29, 1.82) is 5.26 Å². The van der Waals surface area contributed by atoms with E-state index in [9.17, 15) is 4.79 Å². The maximum Gasteiger partial charge on any atom is 0.239 e. The molecule has 0 bridgehead atoms. The molecule has 0 spiro atoms. The fourth-order valence-electron chi connectivity index (χ4n) is 1.79. The SMILES string of the molecule is CC(C)CN(NC(=O)CC(C)(C)C)c1ccnc(C#N)n1. The van der Waals surface area contributed by atoms with Crippen molar-refractivity contribution in [2.75, 3.05) is 11.6 Å². The first-order valence-corrected chi connectivity index (χ1v) is 7.01. The van der Waals surface area contributed by atoms with Crippen molar-refractivity contribution in [3.05, 3.63) is 18.1 Å². The summed E-state index contributed by atoms with van der Waals surface area (Å²) in [5.74, 6) is 0.879. The van der Waals surface area contributed by atoms with Crippen LogP contribution in [0.4, 0.5) is 5.82 Å². The molecule has 0 saturated carbocycles. The number of amides is 1. The lowest BCUT2D eigenvalue weighted by Crippen LogP contribution is -2.46. The molecule has 0 fully saturated rings. The number of nitrogens with one attached hydrogen (secondary N) is 1. The molecule has 6 heteroatoms. The minimum atomic E-state index is -0.0862. The Morgan fingerprint density at radius 2 is 2.14 bits per heavy atom. The molecule has 114 valence electrons. The van der Waals surface area contributed by atoms with Crippen molar-refractivity contribution in [2.24, 2.45) is 11.3 Å². The smallest absolute Gasteiger partial charge is 0.239 e. The fraction of sp³-hybridized carbons (Fsp3) is 0.600. The quantitative estimate of drug-likeness (QED) is 0.841. The topological polar surface area (TPSA) is 81.9 Å². The van der Waals surface area contributed by atoms with Crippen molar-refractivity contribution in [3.63, 3.8) is 0 Å². The van der Waals surface area contributed by atoms with Crippen LogP contribution in [0.3, 0.4) is 0 Å². The van der Waals surface area contributed by atoms with Crippen LogP contribution >= 0.6 is 0 Å². The van der Waals surface area contributed by atoms with Gasteiger partial charge in [-0.05, 0) is 11.3 Å². The minimum Gasteiger partial charge on any atom is -0.273 e. The monoisotopic (exact) mass is 289 g/mol. The normalized spacial score (nSPS) is 11.1. The Kier molecular flexibility index (Phi) is 5.65. The van der Waals surface area contributed by atoms with Gasteiger partial charge in [-0.25, -0.2) is 4.98 Å². The average molecular weight is 289 g/mol. The van der Waals surface area contributed by atoms with Gasteiger partial charge in [0.25, 0.3) is 0 Å². The predicted molar refractivity (Wildman–Crippen MR) is 81.1 cm³/mol. The molecule has 0 aliphatic carbocycles. The molecular weight excluding hydrogens is 266 g/mol. The molecule has 0 unspecified atom stereocenters. The molecule has 0 radical (unpaired) electrons. The third kappa shape index (κ3) is 6.21. The number of hydrazine groups is 1. The van der Waals surface area contributed by atoms with E-state index in [4.69, 9.17) is 5.26 Å². The molecule has 1 aromatic rings. The number of aromatic nitrogens is 2. The molecule has 0 atom stereocenters. The molecule has 0 aliphatic rings. The van der Waals surface area contributed by atoms with Gasteiger partial charge in [-0.15, -0.1) is 0 Å². The average Bonchev–Trinajstić information content (AvgIpc) is 2.35. The molecule has 1 rings (SSSR count). The van der Waals surface area contributed by atoms with Crippen LogP contribution in [0.5, 0.6) is 0 Å². The highest BCUT2D eigenvalue weighted by molar-refractivity contribution is 5.78. The second-order valence-electron chi connectivity index (χ2n) is 6.63. The summed E-state index contributed by atoms with van der Waals surface area (Å²) in [4.78, 5) is 20.1. The van der Waals surface area contributed by atoms with Crippen LogP contribution in [0.1, 0.15) is 46.9 Å². The highest BCUT2D eigenvalue weighted by atomic mass is 16.2. The molecule has 1 aromatic heterocycles. The van der Waals surface area contributed by atoms with Gasteiger partial charge in [0.05, 0.1) is 0 Å². The van der Waals surface area contributed by atoms with Gasteiger partial charge in [0.1, 0.15) is 6.07 Å². The van der Waals surface area contributed by atoms with E-state index in [1.165, 1.54) is 6.20 Å². The van der Waals surface area contributed by atoms with E-state index in [1.807, 2.05) is 26.8 Å². The van der Waals surface area contributed by atoms with Gasteiger partial charge < -0.3 is 0 Å². The van der Waals surface area contributed by atoms with Crippen molar-refractivity contribution in [3.8, 4) is 6.07 Å². The Labute approximate surface area is 126 Å². The number of rotatable bonds is 5. The zero-order valence-corrected chi connectivity index (χ0v) is 13.3. The fourth-order valence-corrected chi connectivity index (χ4v) is 1.79. The van der Waals surface area contributed by atoms with Crippen LogP contribution in [0.2, 0.25) is 0 Å². The Hall–Kier alpha value is -2.16. The lowest BCUT2D eigenvalue weighted by Gasteiger charge is -2.27. The Balaban J connectivity index is 2.90. The third-order valence-electron chi connectivity index (χ3n) is 2.52. The summed E-state index contributed by atoms with van der Waals surface area (Å²) in [6.45, 7) is 10.7. The van der Waals surface area contributed by atoms with E-state index in [-0.39, 0.29) is 17.1 Å². The zero-order valence-electron chi connectivity index (χ0n) is 13.3. The molecule has 6 nitrogen and oxygen atoms in total. The lowest BCUT2D eigenvalue weighted by atomic mass is 9.92. The molecule has 1 amide bonds. The zero-order chi connectivity index (χ0) is 16.0. The minimum absolute atomic E-state index is 0.0692. The van der Waals surface area contributed by atoms with Gasteiger partial charge in [0.15, 0.2) is 5.82 Å². The maximum absolute atomic E-state index is 12.1. The summed E-state index contributed by atoms with van der Waals surface area (Å²) < 4.78 is 0. The van der Waals surface area contributed by atoms with Gasteiger partial charge in [0.2, 0.25) is 11.7 Å². The molecule has 1 heterocycles. The van der Waals surface area contributed by atoms with Crippen LogP contribution in [0.15, 0.2) is 12.3 Å². The van der Waals surface area contributed by atoms with Gasteiger partial charge in [0, 0.05) is 25.2 Å². The highest BCUT2D eigenvalue weighted by Gasteiger charge is 2.19. The number of hydrogen-bond acceptors (Lipinski definition) is 5. The van der Waals surface area contributed by atoms with Gasteiger partial charge in [-0.1, -0.05) is 34.6 Å². The Morgan fingerprint density at radius 3 is 2.67 bits per heavy atom. The van der Waals surface area contributed by atoms with Gasteiger partial charge in [-0.2, -0.15) is 10.2 Å². The number of hydrogen-bond donors (Lipinski definition) is 1. The first-order valence-electron chi connectivity index (χ1n) is 7.01. The summed E-state index contributed by atoms with van der Waals surface area (Å²) in [6, 6.07) is 3.59. The number of anilines is 1. The van der Waals surface area contributed by atoms with Crippen molar-refractivity contribution in [1.82, 2.24) is 15.4 Å². The van der Waals surface area contributed by atoms with E-state index < -0.39 is 0 Å². The van der Waals surface area contributed by atoms with E-state index in [2.05, 4.69) is 29.2 Å². The number of nitriles is 1. The largest absolute Gasteiger partial charge is 0.273 e. The summed E-state index contributed by atoms with van der Waals surface area (Å²) in [6.07, 6.45) is 1.93. The summed E-state index contributed by atoms with van der Waals surface area (Å²) in [5.41, 5.74) is 2.78. The standard InChI is InChI=1S/C15H23N5O/c1-11(2)10-20(19-14(21)8-15(3,4)5)13-6-7-17-12(9-16)18-13/h6-7,11H,8,10H2,1-5H3,(H,19,21). The van der Waals surface area contributed by atoms with E-state index >= 15 is 0 Å². The number of carbonyl (C=O) groups is 1. The molecular formula is C15H23N5O. The number of nitrogens with zero attached hydrogens (tertiary/aromatic N) is 4.